The minimum atomic E-state index is -4.66. The number of anilines is 2. The van der Waals surface area contributed by atoms with E-state index >= 15 is 0 Å². The first-order valence-electron chi connectivity index (χ1n) is 7.54. The zero-order chi connectivity index (χ0) is 20.9. The van der Waals surface area contributed by atoms with Crippen LogP contribution in [0.15, 0.2) is 60.3 Å². The van der Waals surface area contributed by atoms with E-state index in [1.807, 2.05) is 0 Å². The SMILES string of the molecule is N#C/C(=C/Nc1ccccc1C(F)(F)F)C(=O)Nc1cccc(C(F)(F)F)c1. The molecule has 0 saturated carbocycles. The number of benzene rings is 2. The summed E-state index contributed by atoms with van der Waals surface area (Å²) >= 11 is 0. The highest BCUT2D eigenvalue weighted by Crippen LogP contribution is 2.34. The van der Waals surface area contributed by atoms with Crippen LogP contribution in [0.2, 0.25) is 0 Å². The van der Waals surface area contributed by atoms with E-state index < -0.39 is 40.6 Å². The number of nitrogens with zero attached hydrogens (tertiary/aromatic N) is 1. The molecular formula is C18H11F6N3O. The molecule has 0 saturated heterocycles. The molecule has 2 rings (SSSR count). The predicted octanol–water partition coefficient (Wildman–Crippen LogP) is 5.18. The van der Waals surface area contributed by atoms with E-state index in [0.29, 0.717) is 6.07 Å². The highest BCUT2D eigenvalue weighted by molar-refractivity contribution is 6.06. The molecule has 0 atom stereocenters. The summed E-state index contributed by atoms with van der Waals surface area (Å²) in [6, 6.07) is 9.58. The van der Waals surface area contributed by atoms with Crippen molar-refractivity contribution in [1.82, 2.24) is 0 Å². The smallest absolute Gasteiger partial charge is 0.360 e. The molecule has 0 radical (unpaired) electrons. The Labute approximate surface area is 155 Å². The Kier molecular flexibility index (Phi) is 5.98. The van der Waals surface area contributed by atoms with Gasteiger partial charge in [-0.1, -0.05) is 18.2 Å². The lowest BCUT2D eigenvalue weighted by molar-refractivity contribution is -0.138. The zero-order valence-corrected chi connectivity index (χ0v) is 13.8. The van der Waals surface area contributed by atoms with Crippen molar-refractivity contribution in [2.24, 2.45) is 0 Å². The predicted molar refractivity (Wildman–Crippen MR) is 88.8 cm³/mol. The Morgan fingerprint density at radius 3 is 2.25 bits per heavy atom. The lowest BCUT2D eigenvalue weighted by atomic mass is 10.1. The van der Waals surface area contributed by atoms with Gasteiger partial charge in [0.15, 0.2) is 0 Å². The number of alkyl halides is 6. The molecule has 1 amide bonds. The second kappa shape index (κ2) is 8.04. The van der Waals surface area contributed by atoms with Crippen molar-refractivity contribution < 1.29 is 31.1 Å². The Bertz CT molecular complexity index is 941. The van der Waals surface area contributed by atoms with Gasteiger partial charge in [-0.05, 0) is 30.3 Å². The Balaban J connectivity index is 2.21. The first-order chi connectivity index (χ1) is 13.0. The number of carbonyl (C=O) groups excluding carboxylic acids is 1. The van der Waals surface area contributed by atoms with Gasteiger partial charge in [0.25, 0.3) is 5.91 Å². The van der Waals surface area contributed by atoms with Gasteiger partial charge in [-0.3, -0.25) is 4.79 Å². The topological polar surface area (TPSA) is 64.9 Å². The minimum Gasteiger partial charge on any atom is -0.360 e. The van der Waals surface area contributed by atoms with Crippen molar-refractivity contribution in [2.75, 3.05) is 10.6 Å². The van der Waals surface area contributed by atoms with E-state index in [-0.39, 0.29) is 5.69 Å². The number of hydrogen-bond donors (Lipinski definition) is 2. The molecule has 2 aromatic rings. The number of para-hydroxylation sites is 1. The van der Waals surface area contributed by atoms with Crippen LogP contribution in [0.4, 0.5) is 37.7 Å². The summed E-state index contributed by atoms with van der Waals surface area (Å²) < 4.78 is 76.9. The number of carbonyl (C=O) groups is 1. The molecule has 10 heteroatoms. The van der Waals surface area contributed by atoms with Crippen LogP contribution in [0.3, 0.4) is 0 Å². The molecule has 0 bridgehead atoms. The van der Waals surface area contributed by atoms with Crippen molar-refractivity contribution in [1.29, 1.82) is 5.26 Å². The van der Waals surface area contributed by atoms with Gasteiger partial charge >= 0.3 is 12.4 Å². The molecule has 2 N–H and O–H groups in total. The van der Waals surface area contributed by atoms with Gasteiger partial charge in [0.05, 0.1) is 16.8 Å². The van der Waals surface area contributed by atoms with Crippen LogP contribution in [0, 0.1) is 11.3 Å². The first-order valence-corrected chi connectivity index (χ1v) is 7.54. The van der Waals surface area contributed by atoms with Gasteiger partial charge in [-0.2, -0.15) is 31.6 Å². The van der Waals surface area contributed by atoms with Crippen LogP contribution >= 0.6 is 0 Å². The van der Waals surface area contributed by atoms with Crippen LogP contribution in [-0.4, -0.2) is 5.91 Å². The molecule has 28 heavy (non-hydrogen) atoms. The maximum atomic E-state index is 12.9. The van der Waals surface area contributed by atoms with E-state index in [0.717, 1.165) is 30.5 Å². The Morgan fingerprint density at radius 1 is 0.964 bits per heavy atom. The third-order valence-corrected chi connectivity index (χ3v) is 3.42. The summed E-state index contributed by atoms with van der Waals surface area (Å²) in [6.07, 6.45) is -8.55. The van der Waals surface area contributed by atoms with Crippen molar-refractivity contribution in [2.45, 2.75) is 12.4 Å². The molecule has 0 aliphatic carbocycles. The molecule has 0 aliphatic rings. The third kappa shape index (κ3) is 5.26. The number of hydrogen-bond acceptors (Lipinski definition) is 3. The number of amides is 1. The molecule has 2 aromatic carbocycles. The van der Waals surface area contributed by atoms with E-state index in [9.17, 15) is 31.1 Å². The summed E-state index contributed by atoms with van der Waals surface area (Å²) in [7, 11) is 0. The molecule has 0 aromatic heterocycles. The van der Waals surface area contributed by atoms with Crippen molar-refractivity contribution in [3.05, 3.63) is 71.4 Å². The average molecular weight is 399 g/mol. The van der Waals surface area contributed by atoms with Crippen molar-refractivity contribution >= 4 is 17.3 Å². The van der Waals surface area contributed by atoms with Gasteiger partial charge < -0.3 is 10.6 Å². The Morgan fingerprint density at radius 2 is 1.64 bits per heavy atom. The first kappa shape index (κ1) is 20.8. The molecule has 146 valence electrons. The maximum absolute atomic E-state index is 12.9. The molecule has 4 nitrogen and oxygen atoms in total. The standard InChI is InChI=1S/C18H11F6N3O/c19-17(20,21)12-4-3-5-13(8-12)27-16(28)11(9-25)10-26-15-7-2-1-6-14(15)18(22,23)24/h1-8,10,26H,(H,27,28)/b11-10-. The van der Waals surface area contributed by atoms with Crippen molar-refractivity contribution in [3.8, 4) is 6.07 Å². The second-order valence-corrected chi connectivity index (χ2v) is 5.39. The molecular weight excluding hydrogens is 388 g/mol. The largest absolute Gasteiger partial charge is 0.418 e. The van der Waals surface area contributed by atoms with E-state index in [2.05, 4.69) is 10.6 Å². The molecule has 0 unspecified atom stereocenters. The lowest BCUT2D eigenvalue weighted by Crippen LogP contribution is -2.16. The van der Waals surface area contributed by atoms with Crippen LogP contribution in [-0.2, 0) is 17.1 Å². The van der Waals surface area contributed by atoms with Gasteiger partial charge in [0.2, 0.25) is 0 Å². The number of nitriles is 1. The van der Waals surface area contributed by atoms with E-state index in [1.165, 1.54) is 24.3 Å². The fourth-order valence-electron chi connectivity index (χ4n) is 2.13. The summed E-state index contributed by atoms with van der Waals surface area (Å²) in [6.45, 7) is 0. The van der Waals surface area contributed by atoms with E-state index in [1.54, 1.807) is 0 Å². The normalized spacial score (nSPS) is 12.2. The van der Waals surface area contributed by atoms with Gasteiger partial charge in [0, 0.05) is 11.9 Å². The van der Waals surface area contributed by atoms with Gasteiger partial charge in [-0.15, -0.1) is 0 Å². The number of halogens is 6. The summed E-state index contributed by atoms with van der Waals surface area (Å²) in [5.74, 6) is -1.08. The minimum absolute atomic E-state index is 0.225. The van der Waals surface area contributed by atoms with E-state index in [4.69, 9.17) is 5.26 Å². The zero-order valence-electron chi connectivity index (χ0n) is 13.8. The summed E-state index contributed by atoms with van der Waals surface area (Å²) in [4.78, 5) is 12.1. The monoisotopic (exact) mass is 399 g/mol. The molecule has 0 spiro atoms. The maximum Gasteiger partial charge on any atom is 0.418 e. The van der Waals surface area contributed by atoms with Gasteiger partial charge in [-0.25, -0.2) is 0 Å². The highest BCUT2D eigenvalue weighted by atomic mass is 19.4. The van der Waals surface area contributed by atoms with Crippen LogP contribution in [0.1, 0.15) is 11.1 Å². The third-order valence-electron chi connectivity index (χ3n) is 3.42. The number of nitrogens with one attached hydrogen (secondary N) is 2. The summed E-state index contributed by atoms with van der Waals surface area (Å²) in [5.41, 5.74) is -3.27. The van der Waals surface area contributed by atoms with Crippen LogP contribution in [0.5, 0.6) is 0 Å². The summed E-state index contributed by atoms with van der Waals surface area (Å²) in [5, 5.41) is 13.4. The molecule has 0 fully saturated rings. The number of rotatable bonds is 4. The molecule has 0 heterocycles. The highest BCUT2D eigenvalue weighted by Gasteiger charge is 2.33. The van der Waals surface area contributed by atoms with Crippen LogP contribution in [0.25, 0.3) is 0 Å². The van der Waals surface area contributed by atoms with Crippen LogP contribution < -0.4 is 10.6 Å². The second-order valence-electron chi connectivity index (χ2n) is 5.39. The quantitative estimate of drug-likeness (QED) is 0.423. The fourth-order valence-corrected chi connectivity index (χ4v) is 2.13. The fraction of sp³-hybridized carbons (Fsp3) is 0.111. The molecule has 0 aliphatic heterocycles. The lowest BCUT2D eigenvalue weighted by Gasteiger charge is -2.12. The van der Waals surface area contributed by atoms with Crippen molar-refractivity contribution in [3.63, 3.8) is 0 Å². The van der Waals surface area contributed by atoms with Gasteiger partial charge in [0.1, 0.15) is 11.6 Å². The average Bonchev–Trinajstić information content (AvgIpc) is 2.61. The Hall–Kier alpha value is -3.48.